The fraction of sp³-hybridized carbons (Fsp3) is 0.467. The maximum atomic E-state index is 12.2. The van der Waals surface area contributed by atoms with Crippen LogP contribution in [0.2, 0.25) is 5.02 Å². The Kier molecular flexibility index (Phi) is 6.02. The van der Waals surface area contributed by atoms with E-state index in [0.717, 1.165) is 5.56 Å². The first-order valence-corrected chi connectivity index (χ1v) is 7.02. The van der Waals surface area contributed by atoms with E-state index in [9.17, 15) is 9.59 Å². The van der Waals surface area contributed by atoms with E-state index in [1.165, 1.54) is 6.92 Å². The second-order valence-electron chi connectivity index (χ2n) is 5.21. The number of hydrogen-bond acceptors (Lipinski definition) is 2. The summed E-state index contributed by atoms with van der Waals surface area (Å²) in [6, 6.07) is 6.64. The molecule has 20 heavy (non-hydrogen) atoms. The SMILES string of the molecule is CC(=O)N[C@H](C(=O)N[C@H](C)c1cccc(Cl)c1)C(C)C. The van der Waals surface area contributed by atoms with Crippen LogP contribution in [0.1, 0.15) is 39.3 Å². The Morgan fingerprint density at radius 3 is 2.30 bits per heavy atom. The van der Waals surface area contributed by atoms with E-state index in [1.807, 2.05) is 39.0 Å². The number of carbonyl (C=O) groups excluding carboxylic acids is 2. The Morgan fingerprint density at radius 2 is 1.80 bits per heavy atom. The van der Waals surface area contributed by atoms with E-state index in [2.05, 4.69) is 10.6 Å². The summed E-state index contributed by atoms with van der Waals surface area (Å²) in [5.41, 5.74) is 0.927. The quantitative estimate of drug-likeness (QED) is 0.877. The summed E-state index contributed by atoms with van der Waals surface area (Å²) in [6.45, 7) is 7.08. The zero-order valence-electron chi connectivity index (χ0n) is 12.2. The highest BCUT2D eigenvalue weighted by molar-refractivity contribution is 6.30. The molecule has 0 fully saturated rings. The Morgan fingerprint density at radius 1 is 1.15 bits per heavy atom. The number of nitrogens with one attached hydrogen (secondary N) is 2. The van der Waals surface area contributed by atoms with Crippen LogP contribution in [0, 0.1) is 5.92 Å². The first-order chi connectivity index (χ1) is 9.31. The molecule has 1 aromatic carbocycles. The molecule has 0 aliphatic heterocycles. The molecule has 0 aromatic heterocycles. The summed E-state index contributed by atoms with van der Waals surface area (Å²) in [5, 5.41) is 6.20. The molecule has 0 unspecified atom stereocenters. The van der Waals surface area contributed by atoms with Crippen molar-refractivity contribution < 1.29 is 9.59 Å². The van der Waals surface area contributed by atoms with Gasteiger partial charge in [-0.05, 0) is 30.5 Å². The van der Waals surface area contributed by atoms with E-state index >= 15 is 0 Å². The molecule has 0 aliphatic carbocycles. The number of carbonyl (C=O) groups is 2. The molecule has 0 heterocycles. The van der Waals surface area contributed by atoms with Crippen LogP contribution < -0.4 is 10.6 Å². The molecule has 2 atom stereocenters. The third kappa shape index (κ3) is 4.85. The molecule has 110 valence electrons. The van der Waals surface area contributed by atoms with Gasteiger partial charge < -0.3 is 10.6 Å². The van der Waals surface area contributed by atoms with Crippen molar-refractivity contribution in [3.8, 4) is 0 Å². The van der Waals surface area contributed by atoms with Crippen LogP contribution in [0.3, 0.4) is 0 Å². The van der Waals surface area contributed by atoms with Crippen molar-refractivity contribution in [1.82, 2.24) is 10.6 Å². The fourth-order valence-electron chi connectivity index (χ4n) is 1.92. The molecule has 2 N–H and O–H groups in total. The minimum atomic E-state index is -0.533. The van der Waals surface area contributed by atoms with Gasteiger partial charge in [-0.25, -0.2) is 0 Å². The third-order valence-electron chi connectivity index (χ3n) is 3.02. The van der Waals surface area contributed by atoms with Crippen molar-refractivity contribution in [3.05, 3.63) is 34.9 Å². The van der Waals surface area contributed by atoms with Crippen LogP contribution in [-0.2, 0) is 9.59 Å². The van der Waals surface area contributed by atoms with Crippen LogP contribution in [-0.4, -0.2) is 17.9 Å². The average Bonchev–Trinajstić information content (AvgIpc) is 2.35. The van der Waals surface area contributed by atoms with Gasteiger partial charge in [0.1, 0.15) is 6.04 Å². The Balaban J connectivity index is 2.75. The molecular formula is C15H21ClN2O2. The standard InChI is InChI=1S/C15H21ClN2O2/c1-9(2)14(18-11(4)19)15(20)17-10(3)12-6-5-7-13(16)8-12/h5-10,14H,1-4H3,(H,17,20)(H,18,19)/t10-,14+/m1/s1. The molecule has 0 bridgehead atoms. The van der Waals surface area contributed by atoms with E-state index < -0.39 is 6.04 Å². The minimum absolute atomic E-state index is 0.0189. The highest BCUT2D eigenvalue weighted by Crippen LogP contribution is 2.17. The number of benzene rings is 1. The highest BCUT2D eigenvalue weighted by Gasteiger charge is 2.24. The van der Waals surface area contributed by atoms with Gasteiger partial charge in [0.2, 0.25) is 11.8 Å². The predicted molar refractivity (Wildman–Crippen MR) is 80.5 cm³/mol. The van der Waals surface area contributed by atoms with Crippen LogP contribution >= 0.6 is 11.6 Å². The van der Waals surface area contributed by atoms with Crippen molar-refractivity contribution in [1.29, 1.82) is 0 Å². The molecule has 0 spiro atoms. The number of rotatable bonds is 5. The van der Waals surface area contributed by atoms with Crippen LogP contribution in [0.4, 0.5) is 0 Å². The van der Waals surface area contributed by atoms with Gasteiger partial charge in [0.05, 0.1) is 6.04 Å². The molecular weight excluding hydrogens is 276 g/mol. The van der Waals surface area contributed by atoms with Gasteiger partial charge in [0, 0.05) is 11.9 Å². The van der Waals surface area contributed by atoms with Crippen LogP contribution in [0.25, 0.3) is 0 Å². The topological polar surface area (TPSA) is 58.2 Å². The lowest BCUT2D eigenvalue weighted by Gasteiger charge is -2.23. The summed E-state index contributed by atoms with van der Waals surface area (Å²) < 4.78 is 0. The first kappa shape index (κ1) is 16.5. The molecule has 1 aromatic rings. The number of amides is 2. The van der Waals surface area contributed by atoms with Gasteiger partial charge >= 0.3 is 0 Å². The Hall–Kier alpha value is -1.55. The molecule has 4 nitrogen and oxygen atoms in total. The molecule has 2 amide bonds. The lowest BCUT2D eigenvalue weighted by atomic mass is 10.0. The molecule has 0 aliphatic rings. The monoisotopic (exact) mass is 296 g/mol. The zero-order valence-corrected chi connectivity index (χ0v) is 13.0. The van der Waals surface area contributed by atoms with E-state index in [4.69, 9.17) is 11.6 Å². The van der Waals surface area contributed by atoms with E-state index in [1.54, 1.807) is 6.07 Å². The normalized spacial score (nSPS) is 13.7. The van der Waals surface area contributed by atoms with Crippen molar-refractivity contribution in [2.45, 2.75) is 39.8 Å². The average molecular weight is 297 g/mol. The predicted octanol–water partition coefficient (Wildman–Crippen LogP) is 2.68. The van der Waals surface area contributed by atoms with E-state index in [-0.39, 0.29) is 23.8 Å². The molecule has 5 heteroatoms. The summed E-state index contributed by atoms with van der Waals surface area (Å²) >= 11 is 5.94. The maximum Gasteiger partial charge on any atom is 0.243 e. The molecule has 1 rings (SSSR count). The van der Waals surface area contributed by atoms with Gasteiger partial charge in [-0.3, -0.25) is 9.59 Å². The van der Waals surface area contributed by atoms with Gasteiger partial charge in [0.25, 0.3) is 0 Å². The maximum absolute atomic E-state index is 12.2. The Labute approximate surface area is 124 Å². The smallest absolute Gasteiger partial charge is 0.243 e. The Bertz CT molecular complexity index is 489. The van der Waals surface area contributed by atoms with Crippen LogP contribution in [0.5, 0.6) is 0 Å². The lowest BCUT2D eigenvalue weighted by molar-refractivity contribution is -0.129. The summed E-state index contributed by atoms with van der Waals surface area (Å²) in [7, 11) is 0. The minimum Gasteiger partial charge on any atom is -0.348 e. The van der Waals surface area contributed by atoms with Crippen LogP contribution in [0.15, 0.2) is 24.3 Å². The molecule has 0 radical (unpaired) electrons. The molecule has 0 saturated carbocycles. The highest BCUT2D eigenvalue weighted by atomic mass is 35.5. The second-order valence-corrected chi connectivity index (χ2v) is 5.64. The van der Waals surface area contributed by atoms with Crippen molar-refractivity contribution in [2.24, 2.45) is 5.92 Å². The van der Waals surface area contributed by atoms with E-state index in [0.29, 0.717) is 5.02 Å². The number of halogens is 1. The van der Waals surface area contributed by atoms with Gasteiger partial charge in [-0.1, -0.05) is 37.6 Å². The van der Waals surface area contributed by atoms with Crippen molar-refractivity contribution >= 4 is 23.4 Å². The lowest BCUT2D eigenvalue weighted by Crippen LogP contribution is -2.49. The van der Waals surface area contributed by atoms with Crippen molar-refractivity contribution in [3.63, 3.8) is 0 Å². The van der Waals surface area contributed by atoms with Gasteiger partial charge in [-0.15, -0.1) is 0 Å². The van der Waals surface area contributed by atoms with Crippen molar-refractivity contribution in [2.75, 3.05) is 0 Å². The van der Waals surface area contributed by atoms with Gasteiger partial charge in [-0.2, -0.15) is 0 Å². The summed E-state index contributed by atoms with van der Waals surface area (Å²) in [5.74, 6) is -0.387. The third-order valence-corrected chi connectivity index (χ3v) is 3.25. The second kappa shape index (κ2) is 7.29. The summed E-state index contributed by atoms with van der Waals surface area (Å²) in [4.78, 5) is 23.4. The number of hydrogen-bond donors (Lipinski definition) is 2. The largest absolute Gasteiger partial charge is 0.348 e. The fourth-order valence-corrected chi connectivity index (χ4v) is 2.12. The summed E-state index contributed by atoms with van der Waals surface area (Å²) in [6.07, 6.45) is 0. The zero-order chi connectivity index (χ0) is 15.3. The molecule has 0 saturated heterocycles. The first-order valence-electron chi connectivity index (χ1n) is 6.64. The van der Waals surface area contributed by atoms with Gasteiger partial charge in [0.15, 0.2) is 0 Å².